The zero-order valence-electron chi connectivity index (χ0n) is 34.1. The molecule has 1 unspecified atom stereocenters. The lowest BCUT2D eigenvalue weighted by Gasteiger charge is -2.20. The van der Waals surface area contributed by atoms with Gasteiger partial charge in [0.05, 0.1) is 25.4 Å². The molecule has 0 amide bonds. The van der Waals surface area contributed by atoms with Crippen molar-refractivity contribution in [3.63, 3.8) is 0 Å². The van der Waals surface area contributed by atoms with E-state index in [0.29, 0.717) is 25.7 Å². The summed E-state index contributed by atoms with van der Waals surface area (Å²) in [7, 11) is -4.44. The minimum absolute atomic E-state index is 0.0130. The second kappa shape index (κ2) is 38.5. The van der Waals surface area contributed by atoms with Crippen LogP contribution in [0.1, 0.15) is 155 Å². The van der Waals surface area contributed by atoms with Gasteiger partial charge in [-0.2, -0.15) is 0 Å². The Balaban J connectivity index is 4.44. The quantitative estimate of drug-likeness (QED) is 0.0154. The first-order valence-corrected chi connectivity index (χ1v) is 22.5. The summed E-state index contributed by atoms with van der Waals surface area (Å²) >= 11 is 0. The van der Waals surface area contributed by atoms with Crippen LogP contribution in [0.25, 0.3) is 0 Å². The Morgan fingerprint density at radius 3 is 1.76 bits per heavy atom. The fourth-order valence-corrected chi connectivity index (χ4v) is 6.14. The van der Waals surface area contributed by atoms with Crippen LogP contribution < -0.4 is 5.73 Å². The van der Waals surface area contributed by atoms with E-state index in [4.69, 9.17) is 24.3 Å². The maximum atomic E-state index is 12.6. The third-order valence-electron chi connectivity index (χ3n) is 8.58. The van der Waals surface area contributed by atoms with Crippen LogP contribution in [-0.2, 0) is 32.7 Å². The number of carbonyl (C=O) groups excluding carboxylic acids is 2. The average molecular weight is 798 g/mol. The lowest BCUT2D eigenvalue weighted by atomic mass is 10.1. The van der Waals surface area contributed by atoms with Gasteiger partial charge in [0.2, 0.25) is 0 Å². The maximum Gasteiger partial charge on any atom is 0.472 e. The van der Waals surface area contributed by atoms with Gasteiger partial charge in [0.25, 0.3) is 0 Å². The number of nitrogens with two attached hydrogens (primary N) is 1. The maximum absolute atomic E-state index is 12.6. The van der Waals surface area contributed by atoms with E-state index in [1.807, 2.05) is 30.4 Å². The molecule has 5 N–H and O–H groups in total. The highest BCUT2D eigenvalue weighted by atomic mass is 31.2. The molecule has 0 rings (SSSR count). The molecule has 11 nitrogen and oxygen atoms in total. The van der Waals surface area contributed by atoms with Gasteiger partial charge in [-0.3, -0.25) is 18.6 Å². The van der Waals surface area contributed by atoms with Gasteiger partial charge < -0.3 is 30.3 Å². The van der Waals surface area contributed by atoms with Gasteiger partial charge in [0.15, 0.2) is 6.10 Å². The van der Waals surface area contributed by atoms with E-state index in [-0.39, 0.29) is 32.6 Å². The SMILES string of the molecule is CCCCCC/C=C\CCCCCCCCCC(=O)OC[C@H](COP(=O)(O)OCCN)OC(=O)CCC[C@H](O)/C=C/C=C\C/C=C\C=C\[C@H](O)CCCCC. The Bertz CT molecular complexity index is 1120. The number of aliphatic hydroxyl groups excluding tert-OH is 2. The van der Waals surface area contributed by atoms with Crippen molar-refractivity contribution >= 4 is 19.8 Å². The van der Waals surface area contributed by atoms with E-state index >= 15 is 0 Å². The molecule has 0 radical (unpaired) electrons. The highest BCUT2D eigenvalue weighted by molar-refractivity contribution is 7.47. The van der Waals surface area contributed by atoms with Gasteiger partial charge in [-0.1, -0.05) is 145 Å². The van der Waals surface area contributed by atoms with Crippen molar-refractivity contribution in [1.29, 1.82) is 0 Å². The van der Waals surface area contributed by atoms with Crippen LogP contribution in [0, 0.1) is 0 Å². The topological polar surface area (TPSA) is 175 Å². The number of hydrogen-bond acceptors (Lipinski definition) is 10. The molecular formula is C43H76NO10P. The van der Waals surface area contributed by atoms with Crippen molar-refractivity contribution < 1.29 is 47.8 Å². The number of phosphoric ester groups is 1. The van der Waals surface area contributed by atoms with E-state index in [1.54, 1.807) is 18.2 Å². The number of ether oxygens (including phenoxy) is 2. The van der Waals surface area contributed by atoms with E-state index in [9.17, 15) is 29.3 Å². The molecule has 0 saturated heterocycles. The molecule has 0 fully saturated rings. The zero-order valence-corrected chi connectivity index (χ0v) is 35.0. The molecular weight excluding hydrogens is 721 g/mol. The van der Waals surface area contributed by atoms with Crippen LogP contribution in [0.5, 0.6) is 0 Å². The first-order valence-electron chi connectivity index (χ1n) is 21.0. The summed E-state index contributed by atoms with van der Waals surface area (Å²) in [4.78, 5) is 34.8. The highest BCUT2D eigenvalue weighted by Gasteiger charge is 2.26. The summed E-state index contributed by atoms with van der Waals surface area (Å²) in [5.41, 5.74) is 5.33. The molecule has 55 heavy (non-hydrogen) atoms. The summed E-state index contributed by atoms with van der Waals surface area (Å²) in [5, 5.41) is 20.1. The van der Waals surface area contributed by atoms with Gasteiger partial charge in [0.1, 0.15) is 6.61 Å². The standard InChI is InChI=1S/C43H76NO10P/c1-3-5-7-8-9-10-11-12-13-14-15-16-20-23-27-33-42(47)51-37-41(38-53-55(49,50)52-36-35-44)54-43(48)34-28-32-40(46)31-26-22-19-17-18-21-25-30-39(45)29-24-6-4-2/h10-11,18-19,21-22,25-26,30-31,39-41,45-46H,3-9,12-17,20,23-24,27-29,32-38,44H2,1-2H3,(H,49,50)/b11-10-,21-18-,22-19-,30-25+,31-26+/t39-,40-,41-/m1/s1. The van der Waals surface area contributed by atoms with Crippen molar-refractivity contribution in [3.8, 4) is 0 Å². The van der Waals surface area contributed by atoms with Crippen LogP contribution in [0.15, 0.2) is 60.8 Å². The fraction of sp³-hybridized carbons (Fsp3) is 0.721. The summed E-state index contributed by atoms with van der Waals surface area (Å²) in [6.45, 7) is 3.33. The summed E-state index contributed by atoms with van der Waals surface area (Å²) in [6.07, 6.45) is 37.5. The summed E-state index contributed by atoms with van der Waals surface area (Å²) < 4.78 is 32.5. The smallest absolute Gasteiger partial charge is 0.462 e. The molecule has 0 bridgehead atoms. The second-order valence-electron chi connectivity index (χ2n) is 13.9. The number of carbonyl (C=O) groups is 2. The first kappa shape index (κ1) is 52.6. The summed E-state index contributed by atoms with van der Waals surface area (Å²) in [5.74, 6) is -1.07. The van der Waals surface area contributed by atoms with Crippen LogP contribution in [0.4, 0.5) is 0 Å². The Labute approximate surface area is 333 Å². The zero-order chi connectivity index (χ0) is 40.7. The van der Waals surface area contributed by atoms with Gasteiger partial charge in [-0.05, 0) is 57.8 Å². The Kier molecular flexibility index (Phi) is 36.8. The molecule has 0 aromatic carbocycles. The largest absolute Gasteiger partial charge is 0.472 e. The van der Waals surface area contributed by atoms with Crippen LogP contribution in [-0.4, -0.2) is 71.7 Å². The average Bonchev–Trinajstić information content (AvgIpc) is 3.16. The number of allylic oxidation sites excluding steroid dienone is 8. The van der Waals surface area contributed by atoms with E-state index in [2.05, 4.69) is 26.0 Å². The highest BCUT2D eigenvalue weighted by Crippen LogP contribution is 2.43. The van der Waals surface area contributed by atoms with Gasteiger partial charge >= 0.3 is 19.8 Å². The minimum atomic E-state index is -4.44. The number of esters is 2. The lowest BCUT2D eigenvalue weighted by molar-refractivity contribution is -0.161. The minimum Gasteiger partial charge on any atom is -0.462 e. The van der Waals surface area contributed by atoms with Gasteiger partial charge in [-0.25, -0.2) is 4.57 Å². The number of hydrogen-bond donors (Lipinski definition) is 4. The number of rotatable bonds is 38. The molecule has 12 heteroatoms. The first-order chi connectivity index (χ1) is 26.6. The predicted molar refractivity (Wildman–Crippen MR) is 222 cm³/mol. The van der Waals surface area contributed by atoms with Crippen LogP contribution >= 0.6 is 7.82 Å². The van der Waals surface area contributed by atoms with Crippen molar-refractivity contribution in [2.45, 2.75) is 173 Å². The molecule has 0 heterocycles. The molecule has 0 aromatic rings. The second-order valence-corrected chi connectivity index (χ2v) is 15.4. The molecule has 0 aliphatic rings. The van der Waals surface area contributed by atoms with E-state index < -0.39 is 44.7 Å². The van der Waals surface area contributed by atoms with Crippen LogP contribution in [0.2, 0.25) is 0 Å². The molecule has 0 spiro atoms. The van der Waals surface area contributed by atoms with Crippen molar-refractivity contribution in [2.24, 2.45) is 5.73 Å². The Hall–Kier alpha value is -2.37. The third kappa shape index (κ3) is 38.3. The van der Waals surface area contributed by atoms with Crippen molar-refractivity contribution in [2.75, 3.05) is 26.4 Å². The van der Waals surface area contributed by atoms with E-state index in [0.717, 1.165) is 51.4 Å². The van der Waals surface area contributed by atoms with Crippen molar-refractivity contribution in [3.05, 3.63) is 60.8 Å². The molecule has 318 valence electrons. The predicted octanol–water partition coefficient (Wildman–Crippen LogP) is 9.66. The monoisotopic (exact) mass is 798 g/mol. The lowest BCUT2D eigenvalue weighted by Crippen LogP contribution is -2.29. The molecule has 0 saturated carbocycles. The number of unbranched alkanes of at least 4 members (excludes halogenated alkanes) is 13. The molecule has 0 aliphatic heterocycles. The number of phosphoric acid groups is 1. The van der Waals surface area contributed by atoms with Crippen LogP contribution in [0.3, 0.4) is 0 Å². The Morgan fingerprint density at radius 1 is 0.636 bits per heavy atom. The normalized spacial score (nSPS) is 15.1. The molecule has 4 atom stereocenters. The van der Waals surface area contributed by atoms with Crippen molar-refractivity contribution in [1.82, 2.24) is 0 Å². The number of aliphatic hydroxyl groups is 2. The Morgan fingerprint density at radius 2 is 1.16 bits per heavy atom. The van der Waals surface area contributed by atoms with Gasteiger partial charge in [-0.15, -0.1) is 0 Å². The fourth-order valence-electron chi connectivity index (χ4n) is 5.37. The third-order valence-corrected chi connectivity index (χ3v) is 9.57. The summed E-state index contributed by atoms with van der Waals surface area (Å²) in [6, 6.07) is 0. The molecule has 0 aromatic heterocycles. The van der Waals surface area contributed by atoms with E-state index in [1.165, 1.54) is 51.4 Å². The van der Waals surface area contributed by atoms with Gasteiger partial charge in [0, 0.05) is 19.4 Å². The molecule has 0 aliphatic carbocycles.